The van der Waals surface area contributed by atoms with Crippen LogP contribution in [0.1, 0.15) is 24.5 Å². The van der Waals surface area contributed by atoms with E-state index in [-0.39, 0.29) is 11.7 Å². The SMILES string of the molecule is CCC1COCCN1Cc1cc(F)cc(/C(N)=N/O)c1. The molecule has 0 spiro atoms. The van der Waals surface area contributed by atoms with Gasteiger partial charge in [-0.2, -0.15) is 0 Å². The maximum absolute atomic E-state index is 13.6. The highest BCUT2D eigenvalue weighted by Gasteiger charge is 2.21. The van der Waals surface area contributed by atoms with Gasteiger partial charge in [-0.1, -0.05) is 12.1 Å². The van der Waals surface area contributed by atoms with Crippen LogP contribution in [-0.2, 0) is 11.3 Å². The van der Waals surface area contributed by atoms with Gasteiger partial charge in [0.2, 0.25) is 0 Å². The number of nitrogens with two attached hydrogens (primary N) is 1. The van der Waals surface area contributed by atoms with Gasteiger partial charge in [-0.15, -0.1) is 0 Å². The second kappa shape index (κ2) is 6.67. The fraction of sp³-hybridized carbons (Fsp3) is 0.500. The van der Waals surface area contributed by atoms with Crippen LogP contribution >= 0.6 is 0 Å². The summed E-state index contributed by atoms with van der Waals surface area (Å²) in [7, 11) is 0. The van der Waals surface area contributed by atoms with E-state index in [1.54, 1.807) is 6.07 Å². The molecule has 2 rings (SSSR count). The highest BCUT2D eigenvalue weighted by molar-refractivity contribution is 5.97. The largest absolute Gasteiger partial charge is 0.409 e. The van der Waals surface area contributed by atoms with Crippen LogP contribution in [-0.4, -0.2) is 41.7 Å². The molecule has 0 saturated carbocycles. The van der Waals surface area contributed by atoms with Crippen LogP contribution in [0.15, 0.2) is 23.4 Å². The number of rotatable bonds is 4. The van der Waals surface area contributed by atoms with E-state index >= 15 is 0 Å². The molecule has 1 unspecified atom stereocenters. The molecule has 1 aromatic carbocycles. The average molecular weight is 281 g/mol. The van der Waals surface area contributed by atoms with Crippen LogP contribution in [0.3, 0.4) is 0 Å². The van der Waals surface area contributed by atoms with Crippen LogP contribution in [0, 0.1) is 5.82 Å². The van der Waals surface area contributed by atoms with Crippen molar-refractivity contribution < 1.29 is 14.3 Å². The van der Waals surface area contributed by atoms with Crippen molar-refractivity contribution in [1.29, 1.82) is 0 Å². The Morgan fingerprint density at radius 2 is 2.35 bits per heavy atom. The van der Waals surface area contributed by atoms with Gasteiger partial charge >= 0.3 is 0 Å². The molecule has 110 valence electrons. The Morgan fingerprint density at radius 1 is 1.55 bits per heavy atom. The number of halogens is 1. The van der Waals surface area contributed by atoms with Crippen LogP contribution in [0.2, 0.25) is 0 Å². The van der Waals surface area contributed by atoms with Gasteiger partial charge in [0.25, 0.3) is 0 Å². The molecule has 3 N–H and O–H groups in total. The maximum atomic E-state index is 13.6. The van der Waals surface area contributed by atoms with Crippen molar-refractivity contribution in [3.8, 4) is 0 Å². The first-order valence-electron chi connectivity index (χ1n) is 6.73. The number of oxime groups is 1. The highest BCUT2D eigenvalue weighted by atomic mass is 19.1. The molecule has 5 nitrogen and oxygen atoms in total. The Morgan fingerprint density at radius 3 is 3.05 bits per heavy atom. The zero-order valence-corrected chi connectivity index (χ0v) is 11.6. The summed E-state index contributed by atoms with van der Waals surface area (Å²) < 4.78 is 19.1. The molecule has 20 heavy (non-hydrogen) atoms. The number of nitrogens with zero attached hydrogens (tertiary/aromatic N) is 2. The minimum atomic E-state index is -0.384. The zero-order valence-electron chi connectivity index (χ0n) is 11.6. The molecule has 1 atom stereocenters. The molecule has 1 aliphatic heterocycles. The molecule has 1 fully saturated rings. The van der Waals surface area contributed by atoms with Crippen molar-refractivity contribution in [2.24, 2.45) is 10.9 Å². The van der Waals surface area contributed by atoms with Gasteiger partial charge in [0, 0.05) is 24.7 Å². The molecule has 0 aliphatic carbocycles. The normalized spacial score (nSPS) is 21.1. The molecule has 1 heterocycles. The smallest absolute Gasteiger partial charge is 0.170 e. The first-order chi connectivity index (χ1) is 9.63. The van der Waals surface area contributed by atoms with Crippen molar-refractivity contribution in [3.05, 3.63) is 35.1 Å². The van der Waals surface area contributed by atoms with E-state index in [0.29, 0.717) is 31.4 Å². The molecule has 0 amide bonds. The van der Waals surface area contributed by atoms with Gasteiger partial charge in [-0.25, -0.2) is 4.39 Å². The average Bonchev–Trinajstić information content (AvgIpc) is 2.46. The number of hydrogen-bond donors (Lipinski definition) is 2. The van der Waals surface area contributed by atoms with Gasteiger partial charge in [-0.05, 0) is 30.2 Å². The minimum absolute atomic E-state index is 0.0835. The van der Waals surface area contributed by atoms with Crippen LogP contribution in [0.25, 0.3) is 0 Å². The Labute approximate surface area is 117 Å². The lowest BCUT2D eigenvalue weighted by molar-refractivity contribution is -0.0127. The summed E-state index contributed by atoms with van der Waals surface area (Å²) in [5.41, 5.74) is 6.72. The van der Waals surface area contributed by atoms with Crippen molar-refractivity contribution in [2.75, 3.05) is 19.8 Å². The van der Waals surface area contributed by atoms with E-state index in [0.717, 1.165) is 18.5 Å². The molecule has 1 saturated heterocycles. The molecule has 6 heteroatoms. The lowest BCUT2D eigenvalue weighted by Gasteiger charge is -2.35. The topological polar surface area (TPSA) is 71.1 Å². The Kier molecular flexibility index (Phi) is 4.92. The van der Waals surface area contributed by atoms with E-state index in [1.165, 1.54) is 12.1 Å². The highest BCUT2D eigenvalue weighted by Crippen LogP contribution is 2.17. The fourth-order valence-corrected chi connectivity index (χ4v) is 2.46. The van der Waals surface area contributed by atoms with Gasteiger partial charge in [0.05, 0.1) is 13.2 Å². The fourth-order valence-electron chi connectivity index (χ4n) is 2.46. The lowest BCUT2D eigenvalue weighted by Crippen LogP contribution is -2.44. The number of hydrogen-bond acceptors (Lipinski definition) is 4. The molecule has 0 radical (unpaired) electrons. The van der Waals surface area contributed by atoms with Crippen LogP contribution in [0.5, 0.6) is 0 Å². The summed E-state index contributed by atoms with van der Waals surface area (Å²) in [6, 6.07) is 4.84. The minimum Gasteiger partial charge on any atom is -0.409 e. The summed E-state index contributed by atoms with van der Waals surface area (Å²) in [6.45, 7) is 4.97. The number of ether oxygens (including phenoxy) is 1. The van der Waals surface area contributed by atoms with Gasteiger partial charge in [0.1, 0.15) is 5.82 Å². The third-order valence-electron chi connectivity index (χ3n) is 3.57. The Bertz CT molecular complexity index is 493. The number of amidine groups is 1. The second-order valence-corrected chi connectivity index (χ2v) is 4.94. The standard InChI is InChI=1S/C14H20FN3O2/c1-2-13-9-20-4-3-18(13)8-10-5-11(14(16)17-19)7-12(15)6-10/h5-7,13,19H,2-4,8-9H2,1H3,(H2,16,17). The van der Waals surface area contributed by atoms with E-state index in [1.807, 2.05) is 0 Å². The van der Waals surface area contributed by atoms with Crippen LogP contribution < -0.4 is 5.73 Å². The van der Waals surface area contributed by atoms with Gasteiger partial charge < -0.3 is 15.7 Å². The second-order valence-electron chi connectivity index (χ2n) is 4.94. The molecule has 0 bridgehead atoms. The molecular weight excluding hydrogens is 261 g/mol. The van der Waals surface area contributed by atoms with E-state index in [9.17, 15) is 4.39 Å². The monoisotopic (exact) mass is 281 g/mol. The zero-order chi connectivity index (χ0) is 14.5. The summed E-state index contributed by atoms with van der Waals surface area (Å²) in [6.07, 6.45) is 0.989. The van der Waals surface area contributed by atoms with E-state index < -0.39 is 0 Å². The summed E-state index contributed by atoms with van der Waals surface area (Å²) >= 11 is 0. The summed E-state index contributed by atoms with van der Waals surface area (Å²) in [4.78, 5) is 2.27. The third-order valence-corrected chi connectivity index (χ3v) is 3.57. The summed E-state index contributed by atoms with van der Waals surface area (Å²) in [5.74, 6) is -0.467. The predicted molar refractivity (Wildman–Crippen MR) is 74.2 cm³/mol. The van der Waals surface area contributed by atoms with E-state index in [2.05, 4.69) is 17.0 Å². The van der Waals surface area contributed by atoms with Crippen molar-refractivity contribution in [1.82, 2.24) is 4.90 Å². The molecule has 0 aromatic heterocycles. The van der Waals surface area contributed by atoms with Gasteiger partial charge in [-0.3, -0.25) is 4.90 Å². The van der Waals surface area contributed by atoms with E-state index in [4.69, 9.17) is 15.7 Å². The molecule has 1 aliphatic rings. The Balaban J connectivity index is 2.18. The quantitative estimate of drug-likeness (QED) is 0.380. The van der Waals surface area contributed by atoms with Crippen molar-refractivity contribution >= 4 is 5.84 Å². The maximum Gasteiger partial charge on any atom is 0.170 e. The lowest BCUT2D eigenvalue weighted by atomic mass is 10.1. The van der Waals surface area contributed by atoms with Crippen LogP contribution in [0.4, 0.5) is 4.39 Å². The molecular formula is C14H20FN3O2. The van der Waals surface area contributed by atoms with Gasteiger partial charge in [0.15, 0.2) is 5.84 Å². The summed E-state index contributed by atoms with van der Waals surface area (Å²) in [5, 5.41) is 11.6. The first kappa shape index (κ1) is 14.7. The molecule has 1 aromatic rings. The van der Waals surface area contributed by atoms with Crippen molar-refractivity contribution in [3.63, 3.8) is 0 Å². The first-order valence-corrected chi connectivity index (χ1v) is 6.73. The predicted octanol–water partition coefficient (Wildman–Crippen LogP) is 1.53. The Hall–Kier alpha value is -1.66. The number of morpholine rings is 1. The number of benzene rings is 1. The third kappa shape index (κ3) is 3.46. The van der Waals surface area contributed by atoms with Crippen molar-refractivity contribution in [2.45, 2.75) is 25.9 Å².